The van der Waals surface area contributed by atoms with Crippen LogP contribution in [0.3, 0.4) is 0 Å². The number of hydrogen-bond donors (Lipinski definition) is 0. The van der Waals surface area contributed by atoms with E-state index in [-0.39, 0.29) is 5.91 Å². The molecule has 2 aromatic heterocycles. The van der Waals surface area contributed by atoms with Crippen molar-refractivity contribution in [2.24, 2.45) is 0 Å². The van der Waals surface area contributed by atoms with Crippen molar-refractivity contribution in [3.63, 3.8) is 0 Å². The molecule has 0 bridgehead atoms. The second kappa shape index (κ2) is 7.65. The molecular weight excluding hydrogens is 340 g/mol. The molecule has 0 unspecified atom stereocenters. The fourth-order valence-electron chi connectivity index (χ4n) is 2.56. The third-order valence-electron chi connectivity index (χ3n) is 3.87. The molecule has 3 rings (SSSR count). The molecule has 3 heterocycles. The van der Waals surface area contributed by atoms with Crippen molar-refractivity contribution in [2.75, 3.05) is 13.1 Å². The van der Waals surface area contributed by atoms with Crippen molar-refractivity contribution in [3.8, 4) is 11.8 Å². The Kier molecular flexibility index (Phi) is 5.34. The van der Waals surface area contributed by atoms with Crippen LogP contribution in [0.25, 0.3) is 0 Å². The number of hydrogen-bond acceptors (Lipinski definition) is 3. The summed E-state index contributed by atoms with van der Waals surface area (Å²) in [5.74, 6) is 6.18. The van der Waals surface area contributed by atoms with Gasteiger partial charge in [0.15, 0.2) is 0 Å². The maximum atomic E-state index is 12.4. The quantitative estimate of drug-likeness (QED) is 0.713. The zero-order chi connectivity index (χ0) is 16.9. The highest BCUT2D eigenvalue weighted by Crippen LogP contribution is 2.26. The van der Waals surface area contributed by atoms with Crippen LogP contribution < -0.4 is 0 Å². The first-order valence-corrected chi connectivity index (χ1v) is 9.04. The minimum absolute atomic E-state index is 0.0316. The van der Waals surface area contributed by atoms with E-state index in [4.69, 9.17) is 11.6 Å². The Morgan fingerprint density at radius 2 is 2.12 bits per heavy atom. The number of amides is 1. The highest BCUT2D eigenvalue weighted by Gasteiger charge is 2.22. The van der Waals surface area contributed by atoms with Gasteiger partial charge in [0.2, 0.25) is 0 Å². The van der Waals surface area contributed by atoms with Gasteiger partial charge in [-0.15, -0.1) is 11.3 Å². The highest BCUT2D eigenvalue weighted by molar-refractivity contribution is 7.12. The van der Waals surface area contributed by atoms with Crippen molar-refractivity contribution in [1.29, 1.82) is 0 Å². The normalized spacial score (nSPS) is 14.1. The maximum absolute atomic E-state index is 12.4. The van der Waals surface area contributed by atoms with Crippen LogP contribution in [0.5, 0.6) is 0 Å². The SMILES string of the molecule is Cc1cccc(C#CC=C2CCN(C(=O)c3sccc3Cl)CC2)n1. The summed E-state index contributed by atoms with van der Waals surface area (Å²) >= 11 is 7.45. The molecule has 0 atom stereocenters. The zero-order valence-electron chi connectivity index (χ0n) is 13.4. The Morgan fingerprint density at radius 3 is 2.79 bits per heavy atom. The minimum Gasteiger partial charge on any atom is -0.337 e. The Balaban J connectivity index is 1.59. The van der Waals surface area contributed by atoms with Crippen LogP contribution in [-0.2, 0) is 0 Å². The number of allylic oxidation sites excluding steroid dienone is 1. The number of halogens is 1. The molecule has 3 nitrogen and oxygen atoms in total. The number of aromatic nitrogens is 1. The number of nitrogens with zero attached hydrogens (tertiary/aromatic N) is 2. The summed E-state index contributed by atoms with van der Waals surface area (Å²) in [6.07, 6.45) is 3.67. The molecular formula is C19H17ClN2OS. The van der Waals surface area contributed by atoms with Crippen LogP contribution in [0.1, 0.15) is 33.9 Å². The van der Waals surface area contributed by atoms with Gasteiger partial charge in [0.25, 0.3) is 5.91 Å². The summed E-state index contributed by atoms with van der Waals surface area (Å²) in [6.45, 7) is 3.38. The third kappa shape index (κ3) is 4.05. The van der Waals surface area contributed by atoms with Gasteiger partial charge in [-0.1, -0.05) is 29.2 Å². The van der Waals surface area contributed by atoms with Crippen molar-refractivity contribution in [2.45, 2.75) is 19.8 Å². The number of pyridine rings is 1. The van der Waals surface area contributed by atoms with Gasteiger partial charge < -0.3 is 4.90 Å². The Bertz CT molecular complexity index is 834. The summed E-state index contributed by atoms with van der Waals surface area (Å²) in [7, 11) is 0. The predicted octanol–water partition coefficient (Wildman–Crippen LogP) is 4.32. The lowest BCUT2D eigenvalue weighted by Gasteiger charge is -2.28. The van der Waals surface area contributed by atoms with E-state index in [1.165, 1.54) is 16.9 Å². The van der Waals surface area contributed by atoms with Crippen molar-refractivity contribution < 1.29 is 4.79 Å². The molecule has 2 aromatic rings. The first-order chi connectivity index (χ1) is 11.6. The summed E-state index contributed by atoms with van der Waals surface area (Å²) in [6, 6.07) is 7.59. The van der Waals surface area contributed by atoms with Crippen LogP contribution >= 0.6 is 22.9 Å². The molecule has 24 heavy (non-hydrogen) atoms. The molecule has 0 N–H and O–H groups in total. The number of aryl methyl sites for hydroxylation is 1. The molecule has 0 aliphatic carbocycles. The smallest absolute Gasteiger partial charge is 0.265 e. The molecule has 1 fully saturated rings. The molecule has 1 aliphatic rings. The van der Waals surface area contributed by atoms with E-state index in [0.29, 0.717) is 23.0 Å². The fraction of sp³-hybridized carbons (Fsp3) is 0.263. The Hall–Kier alpha value is -2.09. The van der Waals surface area contributed by atoms with E-state index in [9.17, 15) is 4.79 Å². The summed E-state index contributed by atoms with van der Waals surface area (Å²) in [4.78, 5) is 19.3. The predicted molar refractivity (Wildman–Crippen MR) is 98.4 cm³/mol. The van der Waals surface area contributed by atoms with Crippen molar-refractivity contribution in [3.05, 3.63) is 62.6 Å². The number of thiophene rings is 1. The first-order valence-electron chi connectivity index (χ1n) is 7.79. The number of likely N-dealkylation sites (tertiary alicyclic amines) is 1. The monoisotopic (exact) mass is 356 g/mol. The largest absolute Gasteiger partial charge is 0.337 e. The lowest BCUT2D eigenvalue weighted by molar-refractivity contribution is 0.0748. The van der Waals surface area contributed by atoms with Crippen LogP contribution in [0.2, 0.25) is 5.02 Å². The molecule has 0 saturated carbocycles. The minimum atomic E-state index is 0.0316. The molecule has 5 heteroatoms. The topological polar surface area (TPSA) is 33.2 Å². The lowest BCUT2D eigenvalue weighted by Crippen LogP contribution is -2.36. The Morgan fingerprint density at radius 1 is 1.33 bits per heavy atom. The van der Waals surface area contributed by atoms with E-state index in [1.54, 1.807) is 6.07 Å². The van der Waals surface area contributed by atoms with Gasteiger partial charge in [-0.05, 0) is 55.3 Å². The second-order valence-electron chi connectivity index (χ2n) is 5.63. The summed E-state index contributed by atoms with van der Waals surface area (Å²) in [5, 5.41) is 2.39. The van der Waals surface area contributed by atoms with Gasteiger partial charge >= 0.3 is 0 Å². The van der Waals surface area contributed by atoms with Gasteiger partial charge in [-0.3, -0.25) is 4.79 Å². The van der Waals surface area contributed by atoms with Crippen molar-refractivity contribution >= 4 is 28.8 Å². The molecule has 0 radical (unpaired) electrons. The van der Waals surface area contributed by atoms with Crippen LogP contribution in [0.4, 0.5) is 0 Å². The standard InChI is InChI=1S/C19H17ClN2OS/c1-14-4-2-6-16(21-14)7-3-5-15-8-11-22(12-9-15)19(23)18-17(20)10-13-24-18/h2,4-6,10,13H,8-9,11-12H2,1H3. The molecule has 1 amide bonds. The Labute approximate surface area is 151 Å². The average Bonchev–Trinajstić information content (AvgIpc) is 3.01. The fourth-order valence-corrected chi connectivity index (χ4v) is 3.66. The molecule has 122 valence electrons. The van der Waals surface area contributed by atoms with Crippen LogP contribution in [0, 0.1) is 18.8 Å². The third-order valence-corrected chi connectivity index (χ3v) is 5.20. The van der Waals surface area contributed by atoms with Gasteiger partial charge in [-0.2, -0.15) is 0 Å². The lowest BCUT2D eigenvalue weighted by atomic mass is 10.0. The van der Waals surface area contributed by atoms with Gasteiger partial charge in [-0.25, -0.2) is 4.98 Å². The molecule has 0 spiro atoms. The van der Waals surface area contributed by atoms with Gasteiger partial charge in [0, 0.05) is 18.8 Å². The molecule has 1 saturated heterocycles. The number of carbonyl (C=O) groups is 1. The van der Waals surface area contributed by atoms with Crippen LogP contribution in [-0.4, -0.2) is 28.9 Å². The van der Waals surface area contributed by atoms with Gasteiger partial charge in [0.1, 0.15) is 10.6 Å². The maximum Gasteiger partial charge on any atom is 0.265 e. The van der Waals surface area contributed by atoms with E-state index in [1.807, 2.05) is 41.5 Å². The highest BCUT2D eigenvalue weighted by atomic mass is 35.5. The number of carbonyl (C=O) groups excluding carboxylic acids is 1. The number of rotatable bonds is 1. The molecule has 0 aromatic carbocycles. The van der Waals surface area contributed by atoms with Gasteiger partial charge in [0.05, 0.1) is 5.02 Å². The summed E-state index contributed by atoms with van der Waals surface area (Å²) in [5.41, 5.74) is 3.02. The first kappa shape index (κ1) is 16.8. The number of piperidine rings is 1. The second-order valence-corrected chi connectivity index (χ2v) is 6.95. The van der Waals surface area contributed by atoms with E-state index >= 15 is 0 Å². The summed E-state index contributed by atoms with van der Waals surface area (Å²) < 4.78 is 0. The van der Waals surface area contributed by atoms with E-state index < -0.39 is 0 Å². The van der Waals surface area contributed by atoms with Crippen molar-refractivity contribution in [1.82, 2.24) is 9.88 Å². The molecule has 1 aliphatic heterocycles. The zero-order valence-corrected chi connectivity index (χ0v) is 15.0. The van der Waals surface area contributed by atoms with E-state index in [0.717, 1.165) is 24.2 Å². The average molecular weight is 357 g/mol. The van der Waals surface area contributed by atoms with Crippen LogP contribution in [0.15, 0.2) is 41.3 Å². The van der Waals surface area contributed by atoms with E-state index in [2.05, 4.69) is 16.8 Å².